The number of hydrogen-bond donors (Lipinski definition) is 2. The van der Waals surface area contributed by atoms with Gasteiger partial charge in [-0.15, -0.1) is 0 Å². The second-order valence-corrected chi connectivity index (χ2v) is 7.59. The first kappa shape index (κ1) is 19.7. The molecule has 1 atom stereocenters. The van der Waals surface area contributed by atoms with Crippen molar-refractivity contribution >= 4 is 51.5 Å². The van der Waals surface area contributed by atoms with Crippen LogP contribution in [-0.2, 0) is 0 Å². The number of phenolic OH excluding ortho intramolecular Hbond substituents is 1. The molecule has 2 aromatic carbocycles. The highest BCUT2D eigenvalue weighted by Crippen LogP contribution is 2.39. The summed E-state index contributed by atoms with van der Waals surface area (Å²) in [5.41, 5.74) is 1.46. The van der Waals surface area contributed by atoms with E-state index in [2.05, 4.69) is 15.3 Å². The molecule has 2 N–H and O–H groups in total. The Morgan fingerprint density at radius 1 is 0.931 bits per heavy atom. The minimum atomic E-state index is -0.727. The minimum absolute atomic E-state index is 0.0362. The molecule has 0 radical (unpaired) electrons. The molecule has 1 unspecified atom stereocenters. The topological polar surface area (TPSA) is 58.0 Å². The molecule has 2 aromatic heterocycles. The lowest BCUT2D eigenvalue weighted by Crippen LogP contribution is -2.15. The molecule has 0 amide bonds. The van der Waals surface area contributed by atoms with Gasteiger partial charge in [0.1, 0.15) is 11.3 Å². The van der Waals surface area contributed by atoms with E-state index in [0.29, 0.717) is 26.7 Å². The average Bonchev–Trinajstić information content (AvgIpc) is 2.69. The van der Waals surface area contributed by atoms with Crippen molar-refractivity contribution in [1.29, 1.82) is 0 Å². The van der Waals surface area contributed by atoms with Crippen LogP contribution in [0.25, 0.3) is 10.9 Å². The third-order valence-corrected chi connectivity index (χ3v) is 5.22. The average molecular weight is 449 g/mol. The van der Waals surface area contributed by atoms with Gasteiger partial charge in [-0.3, -0.25) is 4.98 Å². The smallest absolute Gasteiger partial charge is 0.166 e. The Labute approximate surface area is 180 Å². The van der Waals surface area contributed by atoms with Crippen LogP contribution in [0.5, 0.6) is 5.75 Å². The van der Waals surface area contributed by atoms with Gasteiger partial charge in [-0.05, 0) is 29.8 Å². The van der Waals surface area contributed by atoms with Crippen LogP contribution in [0.15, 0.2) is 60.9 Å². The molecule has 0 bridgehead atoms. The molecular weight excluding hydrogens is 436 g/mol. The number of aromatic hydroxyl groups is 1. The highest BCUT2D eigenvalue weighted by atomic mass is 35.5. The standard InChI is InChI=1S/C21H13Cl3FN3O/c22-12-4-6-14(16(24)8-12)19(28-21-17(25)9-13(23)10-27-21)15-5-3-11-2-1-7-26-18(11)20(15)29/h1-10,19,29H,(H,27,28). The Balaban J connectivity index is 1.89. The summed E-state index contributed by atoms with van der Waals surface area (Å²) in [4.78, 5) is 8.27. The molecule has 146 valence electrons. The van der Waals surface area contributed by atoms with E-state index in [4.69, 9.17) is 34.8 Å². The Bertz CT molecular complexity index is 1220. The van der Waals surface area contributed by atoms with Crippen molar-refractivity contribution in [3.8, 4) is 5.75 Å². The molecule has 8 heteroatoms. The molecule has 0 spiro atoms. The highest BCUT2D eigenvalue weighted by molar-refractivity contribution is 6.35. The number of nitrogens with one attached hydrogen (secondary N) is 1. The number of benzene rings is 2. The molecular formula is C21H13Cl3FN3O. The van der Waals surface area contributed by atoms with Gasteiger partial charge in [0, 0.05) is 33.4 Å². The second-order valence-electron chi connectivity index (χ2n) is 6.31. The first-order chi connectivity index (χ1) is 13.9. The summed E-state index contributed by atoms with van der Waals surface area (Å²) in [6, 6.07) is 12.5. The van der Waals surface area contributed by atoms with E-state index in [1.54, 1.807) is 36.5 Å². The lowest BCUT2D eigenvalue weighted by atomic mass is 9.96. The van der Waals surface area contributed by atoms with Gasteiger partial charge in [-0.25, -0.2) is 9.37 Å². The predicted octanol–water partition coefficient (Wildman–Crippen LogP) is 6.64. The molecule has 4 nitrogen and oxygen atoms in total. The van der Waals surface area contributed by atoms with Crippen LogP contribution in [0.1, 0.15) is 17.2 Å². The van der Waals surface area contributed by atoms with E-state index in [1.165, 1.54) is 6.20 Å². The molecule has 29 heavy (non-hydrogen) atoms. The van der Waals surface area contributed by atoms with E-state index in [-0.39, 0.29) is 16.6 Å². The summed E-state index contributed by atoms with van der Waals surface area (Å²) in [5, 5.41) is 15.7. The number of hydrogen-bond acceptors (Lipinski definition) is 4. The van der Waals surface area contributed by atoms with E-state index in [9.17, 15) is 9.50 Å². The summed E-state index contributed by atoms with van der Waals surface area (Å²) < 4.78 is 14.4. The molecule has 0 aliphatic rings. The molecule has 4 rings (SSSR count). The molecule has 0 aliphatic heterocycles. The van der Waals surface area contributed by atoms with E-state index < -0.39 is 11.9 Å². The van der Waals surface area contributed by atoms with Crippen LogP contribution in [0, 0.1) is 5.82 Å². The number of nitrogens with zero attached hydrogens (tertiary/aromatic N) is 2. The van der Waals surface area contributed by atoms with Gasteiger partial charge < -0.3 is 10.4 Å². The Morgan fingerprint density at radius 3 is 2.48 bits per heavy atom. The zero-order valence-corrected chi connectivity index (χ0v) is 17.0. The van der Waals surface area contributed by atoms with Gasteiger partial charge >= 0.3 is 0 Å². The van der Waals surface area contributed by atoms with Crippen molar-refractivity contribution in [2.24, 2.45) is 0 Å². The first-order valence-electron chi connectivity index (χ1n) is 8.53. The van der Waals surface area contributed by atoms with E-state index in [1.807, 2.05) is 12.1 Å². The monoisotopic (exact) mass is 447 g/mol. The molecule has 0 saturated carbocycles. The Morgan fingerprint density at radius 2 is 1.72 bits per heavy atom. The summed E-state index contributed by atoms with van der Waals surface area (Å²) in [6.45, 7) is 0. The third-order valence-electron chi connectivity index (χ3n) is 4.45. The third kappa shape index (κ3) is 3.94. The number of pyridine rings is 2. The lowest BCUT2D eigenvalue weighted by Gasteiger charge is -2.23. The normalized spacial score (nSPS) is 12.1. The number of fused-ring (bicyclic) bond motifs is 1. The van der Waals surface area contributed by atoms with Crippen LogP contribution in [0.3, 0.4) is 0 Å². The van der Waals surface area contributed by atoms with Crippen molar-refractivity contribution < 1.29 is 9.50 Å². The largest absolute Gasteiger partial charge is 0.505 e. The van der Waals surface area contributed by atoms with Crippen LogP contribution >= 0.6 is 34.8 Å². The van der Waals surface area contributed by atoms with Crippen LogP contribution < -0.4 is 5.32 Å². The molecule has 0 fully saturated rings. The van der Waals surface area contributed by atoms with Crippen LogP contribution in [-0.4, -0.2) is 15.1 Å². The predicted molar refractivity (Wildman–Crippen MR) is 115 cm³/mol. The fraction of sp³-hybridized carbons (Fsp3) is 0.0476. The molecule has 4 aromatic rings. The SMILES string of the molecule is Oc1c(C(Nc2ncc(Cl)cc2F)c2ccc(Cl)cc2Cl)ccc2cccnc12. The van der Waals surface area contributed by atoms with Gasteiger partial charge in [-0.1, -0.05) is 59.1 Å². The van der Waals surface area contributed by atoms with Gasteiger partial charge in [-0.2, -0.15) is 0 Å². The molecule has 0 saturated heterocycles. The van der Waals surface area contributed by atoms with Crippen molar-refractivity contribution in [2.45, 2.75) is 6.04 Å². The minimum Gasteiger partial charge on any atom is -0.505 e. The molecule has 0 aliphatic carbocycles. The summed E-state index contributed by atoms with van der Waals surface area (Å²) in [7, 11) is 0. The lowest BCUT2D eigenvalue weighted by molar-refractivity contribution is 0.471. The molecule has 2 heterocycles. The summed E-state index contributed by atoms with van der Waals surface area (Å²) in [6.07, 6.45) is 2.92. The van der Waals surface area contributed by atoms with Crippen molar-refractivity contribution in [2.75, 3.05) is 5.32 Å². The highest BCUT2D eigenvalue weighted by Gasteiger charge is 2.24. The van der Waals surface area contributed by atoms with Gasteiger partial charge in [0.2, 0.25) is 0 Å². The number of phenols is 1. The maximum Gasteiger partial charge on any atom is 0.166 e. The first-order valence-corrected chi connectivity index (χ1v) is 9.66. The number of anilines is 1. The Kier molecular flexibility index (Phi) is 5.46. The van der Waals surface area contributed by atoms with Crippen molar-refractivity contribution in [3.63, 3.8) is 0 Å². The number of halogens is 4. The summed E-state index contributed by atoms with van der Waals surface area (Å²) >= 11 is 18.3. The summed E-state index contributed by atoms with van der Waals surface area (Å²) in [5.74, 6) is -0.710. The Hall–Kier alpha value is -2.60. The van der Waals surface area contributed by atoms with Gasteiger partial charge in [0.25, 0.3) is 0 Å². The fourth-order valence-electron chi connectivity index (χ4n) is 3.09. The zero-order valence-electron chi connectivity index (χ0n) is 14.7. The quantitative estimate of drug-likeness (QED) is 0.367. The van der Waals surface area contributed by atoms with E-state index in [0.717, 1.165) is 11.5 Å². The number of rotatable bonds is 4. The second kappa shape index (κ2) is 8.03. The van der Waals surface area contributed by atoms with E-state index >= 15 is 0 Å². The van der Waals surface area contributed by atoms with Crippen molar-refractivity contribution in [3.05, 3.63) is 92.9 Å². The van der Waals surface area contributed by atoms with Crippen LogP contribution in [0.2, 0.25) is 15.1 Å². The van der Waals surface area contributed by atoms with Gasteiger partial charge in [0.05, 0.1) is 11.1 Å². The zero-order chi connectivity index (χ0) is 20.5. The maximum atomic E-state index is 14.4. The number of aromatic nitrogens is 2. The maximum absolute atomic E-state index is 14.4. The van der Waals surface area contributed by atoms with Crippen LogP contribution in [0.4, 0.5) is 10.2 Å². The van der Waals surface area contributed by atoms with Crippen molar-refractivity contribution in [1.82, 2.24) is 9.97 Å². The van der Waals surface area contributed by atoms with Gasteiger partial charge in [0.15, 0.2) is 11.6 Å². The fourth-order valence-corrected chi connectivity index (χ4v) is 3.76.